The summed E-state index contributed by atoms with van der Waals surface area (Å²) in [5, 5.41) is 2.67. The third-order valence-electron chi connectivity index (χ3n) is 5.23. The van der Waals surface area contributed by atoms with Crippen molar-refractivity contribution in [2.24, 2.45) is 0 Å². The van der Waals surface area contributed by atoms with E-state index < -0.39 is 28.4 Å². The van der Waals surface area contributed by atoms with Crippen LogP contribution in [0.4, 0.5) is 11.4 Å². The number of ether oxygens (including phenoxy) is 3. The predicted molar refractivity (Wildman–Crippen MR) is 136 cm³/mol. The quantitative estimate of drug-likeness (QED) is 0.409. The van der Waals surface area contributed by atoms with Crippen molar-refractivity contribution in [3.8, 4) is 11.5 Å². The summed E-state index contributed by atoms with van der Waals surface area (Å²) < 4.78 is 44.0. The Morgan fingerprint density at radius 2 is 1.58 bits per heavy atom. The number of esters is 1. The second kappa shape index (κ2) is 11.6. The molecule has 0 saturated heterocycles. The molecule has 1 amide bonds. The normalized spacial score (nSPS) is 10.9. The first-order valence-electron chi connectivity index (χ1n) is 11.1. The van der Waals surface area contributed by atoms with E-state index in [1.165, 1.54) is 56.7 Å². The second-order valence-corrected chi connectivity index (χ2v) is 9.57. The predicted octanol–water partition coefficient (Wildman–Crippen LogP) is 4.02. The molecule has 190 valence electrons. The maximum atomic E-state index is 13.7. The van der Waals surface area contributed by atoms with E-state index in [0.29, 0.717) is 17.0 Å². The molecule has 0 aliphatic heterocycles. The lowest BCUT2D eigenvalue weighted by atomic mass is 10.2. The molecule has 9 nitrogen and oxygen atoms in total. The molecule has 0 fully saturated rings. The van der Waals surface area contributed by atoms with Crippen LogP contribution in [0.15, 0.2) is 71.6 Å². The number of benzene rings is 3. The highest BCUT2D eigenvalue weighted by Crippen LogP contribution is 2.35. The number of hydrogen-bond donors (Lipinski definition) is 1. The van der Waals surface area contributed by atoms with Gasteiger partial charge >= 0.3 is 5.97 Å². The maximum Gasteiger partial charge on any atom is 0.338 e. The van der Waals surface area contributed by atoms with Crippen LogP contribution in [0.1, 0.15) is 22.8 Å². The number of carbonyl (C=O) groups is 2. The van der Waals surface area contributed by atoms with Gasteiger partial charge in [-0.05, 0) is 62.4 Å². The van der Waals surface area contributed by atoms with Gasteiger partial charge in [0.1, 0.15) is 18.0 Å². The zero-order chi connectivity index (χ0) is 26.3. The van der Waals surface area contributed by atoms with Crippen molar-refractivity contribution in [1.29, 1.82) is 0 Å². The average Bonchev–Trinajstić information content (AvgIpc) is 2.87. The van der Waals surface area contributed by atoms with Gasteiger partial charge in [0.2, 0.25) is 5.91 Å². The van der Waals surface area contributed by atoms with E-state index in [1.807, 2.05) is 6.92 Å². The smallest absolute Gasteiger partial charge is 0.338 e. The Morgan fingerprint density at radius 1 is 0.917 bits per heavy atom. The number of aryl methyl sites for hydroxylation is 1. The van der Waals surface area contributed by atoms with Gasteiger partial charge in [-0.2, -0.15) is 0 Å². The van der Waals surface area contributed by atoms with Crippen molar-refractivity contribution < 1.29 is 32.2 Å². The van der Waals surface area contributed by atoms with Crippen LogP contribution in [-0.4, -0.2) is 47.7 Å². The van der Waals surface area contributed by atoms with Crippen molar-refractivity contribution in [2.75, 3.05) is 37.0 Å². The molecule has 0 aliphatic rings. The summed E-state index contributed by atoms with van der Waals surface area (Å²) in [5.41, 5.74) is 1.76. The van der Waals surface area contributed by atoms with Gasteiger partial charge in [-0.1, -0.05) is 17.7 Å². The van der Waals surface area contributed by atoms with E-state index >= 15 is 0 Å². The van der Waals surface area contributed by atoms with Crippen LogP contribution in [0, 0.1) is 6.92 Å². The first-order chi connectivity index (χ1) is 17.2. The van der Waals surface area contributed by atoms with Gasteiger partial charge in [0.15, 0.2) is 0 Å². The minimum atomic E-state index is -4.16. The summed E-state index contributed by atoms with van der Waals surface area (Å²) in [6.45, 7) is 3.26. The molecule has 0 bridgehead atoms. The second-order valence-electron chi connectivity index (χ2n) is 7.71. The van der Waals surface area contributed by atoms with Gasteiger partial charge in [0.25, 0.3) is 10.0 Å². The van der Waals surface area contributed by atoms with Gasteiger partial charge in [-0.15, -0.1) is 0 Å². The van der Waals surface area contributed by atoms with Gasteiger partial charge in [-0.3, -0.25) is 9.10 Å². The van der Waals surface area contributed by atoms with Crippen LogP contribution < -0.4 is 19.1 Å². The molecule has 0 heterocycles. The molecule has 0 radical (unpaired) electrons. The molecule has 36 heavy (non-hydrogen) atoms. The molecule has 0 atom stereocenters. The number of hydrogen-bond acceptors (Lipinski definition) is 7. The molecular formula is C26H28N2O7S. The largest absolute Gasteiger partial charge is 0.497 e. The fraction of sp³-hybridized carbons (Fsp3) is 0.231. The Hall–Kier alpha value is -4.05. The number of rotatable bonds is 10. The molecule has 0 unspecified atom stereocenters. The lowest BCUT2D eigenvalue weighted by Crippen LogP contribution is -2.38. The van der Waals surface area contributed by atoms with E-state index in [-0.39, 0.29) is 22.9 Å². The number of carbonyl (C=O) groups excluding carboxylic acids is 2. The number of nitrogens with zero attached hydrogens (tertiary/aromatic N) is 1. The number of nitrogens with one attached hydrogen (secondary N) is 1. The van der Waals surface area contributed by atoms with Crippen molar-refractivity contribution in [3.05, 3.63) is 77.9 Å². The summed E-state index contributed by atoms with van der Waals surface area (Å²) in [6, 6.07) is 17.1. The summed E-state index contributed by atoms with van der Waals surface area (Å²) in [4.78, 5) is 24.9. The fourth-order valence-electron chi connectivity index (χ4n) is 3.36. The zero-order valence-corrected chi connectivity index (χ0v) is 21.3. The Labute approximate surface area is 210 Å². The first kappa shape index (κ1) is 26.6. The molecule has 3 aromatic rings. The van der Waals surface area contributed by atoms with Crippen LogP contribution in [0.5, 0.6) is 11.5 Å². The van der Waals surface area contributed by atoms with E-state index in [0.717, 1.165) is 9.87 Å². The summed E-state index contributed by atoms with van der Waals surface area (Å²) in [6.07, 6.45) is 0. The zero-order valence-electron chi connectivity index (χ0n) is 20.5. The Balaban J connectivity index is 1.95. The van der Waals surface area contributed by atoms with Crippen LogP contribution in [-0.2, 0) is 19.6 Å². The molecule has 1 N–H and O–H groups in total. The van der Waals surface area contributed by atoms with E-state index in [4.69, 9.17) is 14.2 Å². The van der Waals surface area contributed by atoms with Gasteiger partial charge in [-0.25, -0.2) is 13.2 Å². The van der Waals surface area contributed by atoms with Gasteiger partial charge in [0.05, 0.1) is 37.0 Å². The fourth-order valence-corrected chi connectivity index (χ4v) is 4.79. The number of methoxy groups -OCH3 is 2. The van der Waals surface area contributed by atoms with Crippen LogP contribution in [0.3, 0.4) is 0 Å². The lowest BCUT2D eigenvalue weighted by Gasteiger charge is -2.26. The molecule has 0 aromatic heterocycles. The van der Waals surface area contributed by atoms with E-state index in [2.05, 4.69) is 5.32 Å². The highest BCUT2D eigenvalue weighted by atomic mass is 32.2. The van der Waals surface area contributed by atoms with Crippen molar-refractivity contribution in [2.45, 2.75) is 18.7 Å². The standard InChI is InChI=1S/C26H28N2O7S/c1-5-35-26(30)19-8-10-20(11-9-19)27-25(29)17-28(23-16-21(33-3)12-15-24(23)34-4)36(31,32)22-13-6-18(2)7-14-22/h6-16H,5,17H2,1-4H3,(H,27,29). The van der Waals surface area contributed by atoms with Crippen LogP contribution >= 0.6 is 0 Å². The minimum Gasteiger partial charge on any atom is -0.497 e. The van der Waals surface area contributed by atoms with Gasteiger partial charge in [0, 0.05) is 11.8 Å². The average molecular weight is 513 g/mol. The molecule has 3 rings (SSSR count). The van der Waals surface area contributed by atoms with Crippen molar-refractivity contribution in [1.82, 2.24) is 0 Å². The highest BCUT2D eigenvalue weighted by molar-refractivity contribution is 7.92. The Kier molecular flexibility index (Phi) is 8.55. The topological polar surface area (TPSA) is 111 Å². The SMILES string of the molecule is CCOC(=O)c1ccc(NC(=O)CN(c2cc(OC)ccc2OC)S(=O)(=O)c2ccc(C)cc2)cc1. The maximum absolute atomic E-state index is 13.7. The first-order valence-corrected chi connectivity index (χ1v) is 12.5. The minimum absolute atomic E-state index is 0.0181. The molecule has 0 saturated carbocycles. The number of anilines is 2. The lowest BCUT2D eigenvalue weighted by molar-refractivity contribution is -0.114. The molecular weight excluding hydrogens is 484 g/mol. The Morgan fingerprint density at radius 3 is 2.17 bits per heavy atom. The van der Waals surface area contributed by atoms with Gasteiger partial charge < -0.3 is 19.5 Å². The third-order valence-corrected chi connectivity index (χ3v) is 7.00. The third kappa shape index (κ3) is 6.14. The van der Waals surface area contributed by atoms with E-state index in [1.54, 1.807) is 31.2 Å². The molecule has 3 aromatic carbocycles. The molecule has 0 spiro atoms. The summed E-state index contributed by atoms with van der Waals surface area (Å²) >= 11 is 0. The monoisotopic (exact) mass is 512 g/mol. The summed E-state index contributed by atoms with van der Waals surface area (Å²) in [7, 11) is -1.30. The van der Waals surface area contributed by atoms with Crippen LogP contribution in [0.25, 0.3) is 0 Å². The molecule has 0 aliphatic carbocycles. The Bertz CT molecular complexity index is 1320. The molecule has 10 heteroatoms. The van der Waals surface area contributed by atoms with Crippen LogP contribution in [0.2, 0.25) is 0 Å². The number of sulfonamides is 1. The summed E-state index contributed by atoms with van der Waals surface area (Å²) in [5.74, 6) is -0.432. The highest BCUT2D eigenvalue weighted by Gasteiger charge is 2.30. The van der Waals surface area contributed by atoms with Crippen molar-refractivity contribution in [3.63, 3.8) is 0 Å². The van der Waals surface area contributed by atoms with E-state index in [9.17, 15) is 18.0 Å². The van der Waals surface area contributed by atoms with Crippen molar-refractivity contribution >= 4 is 33.3 Å². The number of amides is 1.